The summed E-state index contributed by atoms with van der Waals surface area (Å²) in [4.78, 5) is 11.6. The van der Waals surface area contributed by atoms with Gasteiger partial charge < -0.3 is 14.9 Å². The van der Waals surface area contributed by atoms with E-state index < -0.39 is 17.7 Å². The molecule has 92 valence electrons. The van der Waals surface area contributed by atoms with E-state index in [2.05, 4.69) is 0 Å². The van der Waals surface area contributed by atoms with Crippen molar-refractivity contribution >= 4 is 0 Å². The van der Waals surface area contributed by atoms with E-state index in [1.54, 1.807) is 19.9 Å². The number of nitriles is 1. The Hall–Kier alpha value is -1.84. The molecule has 0 aliphatic carbocycles. The van der Waals surface area contributed by atoms with Crippen molar-refractivity contribution in [3.05, 3.63) is 27.5 Å². The maximum Gasteiger partial charge on any atom is 0.253 e. The number of aliphatic hydroxyl groups is 1. The third-order valence-corrected chi connectivity index (χ3v) is 2.29. The normalized spacial score (nSPS) is 12.1. The fraction of sp³-hybridized carbons (Fsp3) is 0.455. The molecule has 1 aromatic heterocycles. The fourth-order valence-corrected chi connectivity index (χ4v) is 1.47. The lowest BCUT2D eigenvalue weighted by Gasteiger charge is -2.15. The van der Waals surface area contributed by atoms with Crippen molar-refractivity contribution in [2.24, 2.45) is 0 Å². The predicted octanol–water partition coefficient (Wildman–Crippen LogP) is 0.0889. The van der Waals surface area contributed by atoms with Gasteiger partial charge >= 0.3 is 0 Å². The van der Waals surface area contributed by atoms with Gasteiger partial charge in [-0.3, -0.25) is 9.36 Å². The van der Waals surface area contributed by atoms with Gasteiger partial charge in [0.15, 0.2) is 6.29 Å². The van der Waals surface area contributed by atoms with Gasteiger partial charge in [-0.1, -0.05) is 0 Å². The Morgan fingerprint density at radius 1 is 1.65 bits per heavy atom. The van der Waals surface area contributed by atoms with Crippen molar-refractivity contribution < 1.29 is 14.9 Å². The second-order valence-electron chi connectivity index (χ2n) is 3.50. The molecule has 1 atom stereocenters. The summed E-state index contributed by atoms with van der Waals surface area (Å²) < 4.78 is 5.77. The van der Waals surface area contributed by atoms with Crippen molar-refractivity contribution in [2.75, 3.05) is 6.61 Å². The van der Waals surface area contributed by atoms with Gasteiger partial charge in [0.05, 0.1) is 6.54 Å². The van der Waals surface area contributed by atoms with Crippen molar-refractivity contribution in [3.63, 3.8) is 0 Å². The Balaban J connectivity index is 3.17. The number of aryl methyl sites for hydroxylation is 1. The Morgan fingerprint density at radius 3 is 2.82 bits per heavy atom. The van der Waals surface area contributed by atoms with Crippen LogP contribution in [0.4, 0.5) is 0 Å². The van der Waals surface area contributed by atoms with Gasteiger partial charge in [-0.25, -0.2) is 0 Å². The number of hydrogen-bond donors (Lipinski definition) is 2. The average molecular weight is 238 g/mol. The lowest BCUT2D eigenvalue weighted by atomic mass is 10.1. The quantitative estimate of drug-likeness (QED) is 0.725. The molecule has 0 saturated heterocycles. The van der Waals surface area contributed by atoms with Crippen LogP contribution in [0.5, 0.6) is 5.88 Å². The molecule has 6 heteroatoms. The molecule has 1 heterocycles. The Labute approximate surface area is 98.3 Å². The van der Waals surface area contributed by atoms with E-state index in [-0.39, 0.29) is 18.7 Å². The summed E-state index contributed by atoms with van der Waals surface area (Å²) in [7, 11) is 0. The summed E-state index contributed by atoms with van der Waals surface area (Å²) in [5, 5.41) is 28.0. The van der Waals surface area contributed by atoms with Gasteiger partial charge in [-0.2, -0.15) is 5.26 Å². The van der Waals surface area contributed by atoms with Crippen LogP contribution in [0.25, 0.3) is 0 Å². The van der Waals surface area contributed by atoms with Crippen LogP contribution in [0.15, 0.2) is 10.9 Å². The van der Waals surface area contributed by atoms with Crippen LogP contribution in [0, 0.1) is 18.3 Å². The van der Waals surface area contributed by atoms with Gasteiger partial charge in [-0.05, 0) is 19.4 Å². The highest BCUT2D eigenvalue weighted by atomic mass is 16.6. The Kier molecular flexibility index (Phi) is 4.26. The fourth-order valence-electron chi connectivity index (χ4n) is 1.47. The Morgan fingerprint density at radius 2 is 2.29 bits per heavy atom. The van der Waals surface area contributed by atoms with Gasteiger partial charge in [0, 0.05) is 12.7 Å². The highest BCUT2D eigenvalue weighted by Gasteiger charge is 2.15. The van der Waals surface area contributed by atoms with Gasteiger partial charge in [-0.15, -0.1) is 0 Å². The number of hydrogen-bond acceptors (Lipinski definition) is 5. The van der Waals surface area contributed by atoms with Crippen molar-refractivity contribution in [3.8, 4) is 11.9 Å². The highest BCUT2D eigenvalue weighted by molar-refractivity contribution is 5.43. The lowest BCUT2D eigenvalue weighted by Crippen LogP contribution is -2.28. The minimum atomic E-state index is -1.20. The smallest absolute Gasteiger partial charge is 0.253 e. The SMILES string of the molecule is CCOC(O)Cn1c(O)c(C#N)c(C)cc1=O. The number of pyridine rings is 1. The first-order valence-electron chi connectivity index (χ1n) is 5.14. The molecule has 17 heavy (non-hydrogen) atoms. The molecule has 0 bridgehead atoms. The van der Waals surface area contributed by atoms with Gasteiger partial charge in [0.1, 0.15) is 11.6 Å². The average Bonchev–Trinajstić information content (AvgIpc) is 2.25. The predicted molar refractivity (Wildman–Crippen MR) is 59.5 cm³/mol. The monoisotopic (exact) mass is 238 g/mol. The first-order valence-corrected chi connectivity index (χ1v) is 5.14. The van der Waals surface area contributed by atoms with Crippen LogP contribution in [-0.2, 0) is 11.3 Å². The maximum absolute atomic E-state index is 11.6. The molecular weight excluding hydrogens is 224 g/mol. The van der Waals surface area contributed by atoms with Crippen molar-refractivity contribution in [1.82, 2.24) is 4.57 Å². The molecule has 0 amide bonds. The lowest BCUT2D eigenvalue weighted by molar-refractivity contribution is -0.104. The maximum atomic E-state index is 11.6. The summed E-state index contributed by atoms with van der Waals surface area (Å²) in [6.45, 7) is 3.33. The minimum Gasteiger partial charge on any atom is -0.493 e. The van der Waals surface area contributed by atoms with E-state index >= 15 is 0 Å². The molecule has 0 saturated carbocycles. The van der Waals surface area contributed by atoms with Gasteiger partial charge in [0.2, 0.25) is 5.88 Å². The van der Waals surface area contributed by atoms with E-state index in [0.717, 1.165) is 4.57 Å². The highest BCUT2D eigenvalue weighted by Crippen LogP contribution is 2.17. The zero-order chi connectivity index (χ0) is 13.0. The number of rotatable bonds is 4. The molecule has 0 fully saturated rings. The van der Waals surface area contributed by atoms with Crippen LogP contribution in [0.3, 0.4) is 0 Å². The molecule has 0 aliphatic heterocycles. The number of aliphatic hydroxyl groups excluding tert-OH is 1. The van der Waals surface area contributed by atoms with E-state index in [4.69, 9.17) is 10.00 Å². The van der Waals surface area contributed by atoms with Crippen LogP contribution in [0.2, 0.25) is 0 Å². The van der Waals surface area contributed by atoms with Crippen LogP contribution >= 0.6 is 0 Å². The number of aromatic nitrogens is 1. The van der Waals surface area contributed by atoms with E-state index in [9.17, 15) is 15.0 Å². The van der Waals surface area contributed by atoms with Crippen LogP contribution < -0.4 is 5.56 Å². The summed E-state index contributed by atoms with van der Waals surface area (Å²) in [5.41, 5.74) is -0.0665. The molecule has 0 spiro atoms. The van der Waals surface area contributed by atoms with E-state index in [1.807, 2.05) is 0 Å². The largest absolute Gasteiger partial charge is 0.493 e. The first-order chi connectivity index (χ1) is 8.01. The molecule has 6 nitrogen and oxygen atoms in total. The zero-order valence-electron chi connectivity index (χ0n) is 9.67. The number of ether oxygens (including phenoxy) is 1. The second kappa shape index (κ2) is 5.48. The van der Waals surface area contributed by atoms with Gasteiger partial charge in [0.25, 0.3) is 5.56 Å². The summed E-state index contributed by atoms with van der Waals surface area (Å²) in [6, 6.07) is 3.04. The molecule has 2 N–H and O–H groups in total. The van der Waals surface area contributed by atoms with Crippen molar-refractivity contribution in [2.45, 2.75) is 26.7 Å². The van der Waals surface area contributed by atoms with Crippen LogP contribution in [-0.4, -0.2) is 27.7 Å². The third kappa shape index (κ3) is 2.84. The van der Waals surface area contributed by atoms with E-state index in [0.29, 0.717) is 5.56 Å². The molecule has 1 rings (SSSR count). The first kappa shape index (κ1) is 13.2. The van der Waals surface area contributed by atoms with Crippen LogP contribution in [0.1, 0.15) is 18.1 Å². The second-order valence-corrected chi connectivity index (χ2v) is 3.50. The molecule has 0 aliphatic rings. The molecule has 1 aromatic rings. The standard InChI is InChI=1S/C11H14N2O4/c1-3-17-10(15)6-13-9(14)4-7(2)8(5-12)11(13)16/h4,10,15-16H,3,6H2,1-2H3. The van der Waals surface area contributed by atoms with E-state index in [1.165, 1.54) is 6.07 Å². The number of nitrogens with zero attached hydrogens (tertiary/aromatic N) is 2. The molecule has 0 aromatic carbocycles. The minimum absolute atomic E-state index is 0.0216. The zero-order valence-corrected chi connectivity index (χ0v) is 9.67. The Bertz CT molecular complexity index is 501. The molecule has 0 radical (unpaired) electrons. The molecular formula is C11H14N2O4. The summed E-state index contributed by atoms with van der Waals surface area (Å²) in [6.07, 6.45) is -1.20. The summed E-state index contributed by atoms with van der Waals surface area (Å²) >= 11 is 0. The van der Waals surface area contributed by atoms with Crippen molar-refractivity contribution in [1.29, 1.82) is 5.26 Å². The number of aromatic hydroxyl groups is 1. The summed E-state index contributed by atoms with van der Waals surface area (Å²) in [5.74, 6) is -0.448. The topological polar surface area (TPSA) is 95.5 Å². The third-order valence-electron chi connectivity index (χ3n) is 2.29. The molecule has 1 unspecified atom stereocenters.